The molecule has 4 N–H and O–H groups in total. The number of aliphatic carboxylic acids is 1. The number of nitrogens with one attached hydrogen (secondary N) is 1. The van der Waals surface area contributed by atoms with Gasteiger partial charge in [-0.1, -0.05) is 0 Å². The van der Waals surface area contributed by atoms with Crippen molar-refractivity contribution in [1.29, 1.82) is 0 Å². The number of nitrogens with zero attached hydrogens (tertiary/aromatic N) is 1. The second kappa shape index (κ2) is 6.69. The van der Waals surface area contributed by atoms with Gasteiger partial charge in [-0.2, -0.15) is 0 Å². The molecule has 1 fully saturated rings. The lowest BCUT2D eigenvalue weighted by Crippen LogP contribution is -2.37. The van der Waals surface area contributed by atoms with E-state index in [0.29, 0.717) is 0 Å². The molecule has 1 aliphatic rings. The van der Waals surface area contributed by atoms with E-state index in [4.69, 9.17) is 9.84 Å². The zero-order chi connectivity index (χ0) is 16.3. The van der Waals surface area contributed by atoms with Crippen molar-refractivity contribution >= 4 is 12.0 Å². The predicted octanol–water partition coefficient (Wildman–Crippen LogP) is -1.82. The molecule has 0 aliphatic carbocycles. The highest BCUT2D eigenvalue weighted by atomic mass is 16.5. The van der Waals surface area contributed by atoms with E-state index in [-0.39, 0.29) is 25.4 Å². The van der Waals surface area contributed by atoms with Crippen LogP contribution in [0.15, 0.2) is 21.9 Å². The van der Waals surface area contributed by atoms with Gasteiger partial charge in [-0.25, -0.2) is 9.59 Å². The Balaban J connectivity index is 2.43. The molecule has 0 saturated carbocycles. The van der Waals surface area contributed by atoms with Gasteiger partial charge < -0.3 is 20.1 Å². The molecule has 2 rings (SSSR count). The molecule has 2 heterocycles. The van der Waals surface area contributed by atoms with Crippen LogP contribution < -0.4 is 11.2 Å². The Morgan fingerprint density at radius 1 is 1.41 bits per heavy atom. The maximum atomic E-state index is 11.9. The highest BCUT2D eigenvalue weighted by Gasteiger charge is 2.38. The average molecular weight is 312 g/mol. The van der Waals surface area contributed by atoms with Crippen molar-refractivity contribution in [1.82, 2.24) is 9.55 Å². The molecule has 1 aromatic heterocycles. The minimum atomic E-state index is -1.23. The largest absolute Gasteiger partial charge is 0.478 e. The van der Waals surface area contributed by atoms with E-state index in [9.17, 15) is 24.6 Å². The van der Waals surface area contributed by atoms with Crippen LogP contribution in [0.25, 0.3) is 6.08 Å². The van der Waals surface area contributed by atoms with Crippen LogP contribution in [0.4, 0.5) is 0 Å². The first-order chi connectivity index (χ1) is 10.5. The Morgan fingerprint density at radius 2 is 2.14 bits per heavy atom. The van der Waals surface area contributed by atoms with Gasteiger partial charge in [-0.15, -0.1) is 0 Å². The quantitative estimate of drug-likeness (QED) is 0.469. The van der Waals surface area contributed by atoms with E-state index in [1.165, 1.54) is 10.8 Å². The van der Waals surface area contributed by atoms with E-state index < -0.39 is 35.3 Å². The van der Waals surface area contributed by atoms with Gasteiger partial charge in [-0.05, 0) is 6.08 Å². The molecule has 1 saturated heterocycles. The molecule has 9 nitrogen and oxygen atoms in total. The second-order valence-electron chi connectivity index (χ2n) is 4.89. The smallest absolute Gasteiger partial charge is 0.328 e. The molecular weight excluding hydrogens is 296 g/mol. The topological polar surface area (TPSA) is 142 Å². The molecule has 0 bridgehead atoms. The predicted molar refractivity (Wildman–Crippen MR) is 74.4 cm³/mol. The Hall–Kier alpha value is -2.23. The Labute approximate surface area is 124 Å². The van der Waals surface area contributed by atoms with Crippen LogP contribution in [0.2, 0.25) is 0 Å². The Kier molecular flexibility index (Phi) is 4.91. The zero-order valence-electron chi connectivity index (χ0n) is 11.5. The fraction of sp³-hybridized carbons (Fsp3) is 0.462. The van der Waals surface area contributed by atoms with Gasteiger partial charge in [0.15, 0.2) is 0 Å². The minimum absolute atomic E-state index is 0.00821. The standard InChI is InChI=1S/C13H16N2O7/c16-4-8-9(6-22-10(8)5-17)15-3-7(1-2-11(18)19)12(20)14-13(15)21/h1-3,8-10,16-17H,4-6H2,(H,18,19)(H,14,20,21)/t8-,9+,10+/m1/s1. The van der Waals surface area contributed by atoms with E-state index in [1.807, 2.05) is 0 Å². The van der Waals surface area contributed by atoms with Crippen LogP contribution >= 0.6 is 0 Å². The summed E-state index contributed by atoms with van der Waals surface area (Å²) in [4.78, 5) is 36.2. The molecule has 3 atom stereocenters. The number of carboxylic acid groups (broad SMARTS) is 1. The minimum Gasteiger partial charge on any atom is -0.478 e. The molecular formula is C13H16N2O7. The number of rotatable bonds is 5. The van der Waals surface area contributed by atoms with Crippen LogP contribution in [-0.2, 0) is 9.53 Å². The van der Waals surface area contributed by atoms with Crippen molar-refractivity contribution in [2.75, 3.05) is 19.8 Å². The van der Waals surface area contributed by atoms with Crippen molar-refractivity contribution in [2.45, 2.75) is 12.1 Å². The SMILES string of the molecule is O=C(O)C=Cc1cn([C@H]2CO[C@@H](CO)[C@@H]2CO)c(=O)[nH]c1=O. The summed E-state index contributed by atoms with van der Waals surface area (Å²) in [6.45, 7) is -0.516. The summed E-state index contributed by atoms with van der Waals surface area (Å²) in [7, 11) is 0. The van der Waals surface area contributed by atoms with Gasteiger partial charge in [-0.3, -0.25) is 14.3 Å². The molecule has 1 aliphatic heterocycles. The number of carboxylic acids is 1. The summed E-state index contributed by atoms with van der Waals surface area (Å²) in [6.07, 6.45) is 2.47. The van der Waals surface area contributed by atoms with Crippen molar-refractivity contribution < 1.29 is 24.9 Å². The monoisotopic (exact) mass is 312 g/mol. The fourth-order valence-electron chi connectivity index (χ4n) is 2.46. The molecule has 0 spiro atoms. The normalized spacial score (nSPS) is 24.9. The van der Waals surface area contributed by atoms with Crippen molar-refractivity contribution in [3.05, 3.63) is 38.7 Å². The van der Waals surface area contributed by atoms with E-state index >= 15 is 0 Å². The lowest BCUT2D eigenvalue weighted by atomic mass is 9.98. The third kappa shape index (κ3) is 3.16. The van der Waals surface area contributed by atoms with Crippen LogP contribution in [0.1, 0.15) is 11.6 Å². The van der Waals surface area contributed by atoms with Gasteiger partial charge in [0.1, 0.15) is 0 Å². The van der Waals surface area contributed by atoms with E-state index in [1.54, 1.807) is 0 Å². The number of aromatic nitrogens is 2. The number of carbonyl (C=O) groups is 1. The average Bonchev–Trinajstić information content (AvgIpc) is 2.88. The number of H-pyrrole nitrogens is 1. The summed E-state index contributed by atoms with van der Waals surface area (Å²) in [5.74, 6) is -1.74. The summed E-state index contributed by atoms with van der Waals surface area (Å²) in [5, 5.41) is 27.2. The van der Waals surface area contributed by atoms with Crippen molar-refractivity contribution in [2.24, 2.45) is 5.92 Å². The molecule has 9 heteroatoms. The lowest BCUT2D eigenvalue weighted by Gasteiger charge is -2.21. The third-order valence-electron chi connectivity index (χ3n) is 3.60. The van der Waals surface area contributed by atoms with Gasteiger partial charge in [0.05, 0.1) is 37.5 Å². The van der Waals surface area contributed by atoms with E-state index in [2.05, 4.69) is 4.98 Å². The first-order valence-corrected chi connectivity index (χ1v) is 6.57. The van der Waals surface area contributed by atoms with Crippen molar-refractivity contribution in [3.63, 3.8) is 0 Å². The summed E-state index contributed by atoms with van der Waals surface area (Å²) in [5.41, 5.74) is -1.41. The number of aliphatic hydroxyl groups excluding tert-OH is 2. The maximum Gasteiger partial charge on any atom is 0.328 e. The molecule has 0 aromatic carbocycles. The molecule has 1 aromatic rings. The lowest BCUT2D eigenvalue weighted by molar-refractivity contribution is -0.131. The van der Waals surface area contributed by atoms with Gasteiger partial charge in [0, 0.05) is 18.2 Å². The van der Waals surface area contributed by atoms with Gasteiger partial charge >= 0.3 is 11.7 Å². The van der Waals surface area contributed by atoms with E-state index in [0.717, 1.165) is 12.2 Å². The number of hydrogen-bond donors (Lipinski definition) is 4. The van der Waals surface area contributed by atoms with Crippen LogP contribution in [0, 0.1) is 5.92 Å². The second-order valence-corrected chi connectivity index (χ2v) is 4.89. The summed E-state index contributed by atoms with van der Waals surface area (Å²) in [6, 6.07) is -0.566. The van der Waals surface area contributed by atoms with Crippen LogP contribution in [0.3, 0.4) is 0 Å². The summed E-state index contributed by atoms with van der Waals surface area (Å²) >= 11 is 0. The van der Waals surface area contributed by atoms with Gasteiger partial charge in [0.2, 0.25) is 0 Å². The molecule has 120 valence electrons. The van der Waals surface area contributed by atoms with Gasteiger partial charge in [0.25, 0.3) is 5.56 Å². The van der Waals surface area contributed by atoms with Crippen molar-refractivity contribution in [3.8, 4) is 0 Å². The molecule has 0 unspecified atom stereocenters. The highest BCUT2D eigenvalue weighted by molar-refractivity contribution is 5.85. The molecule has 0 amide bonds. The van der Waals surface area contributed by atoms with Crippen LogP contribution in [-0.4, -0.2) is 56.8 Å². The van der Waals surface area contributed by atoms with Crippen LogP contribution in [0.5, 0.6) is 0 Å². The highest BCUT2D eigenvalue weighted by Crippen LogP contribution is 2.29. The Bertz CT molecular complexity index is 690. The number of ether oxygens (including phenoxy) is 1. The number of hydrogen-bond acceptors (Lipinski definition) is 6. The summed E-state index contributed by atoms with van der Waals surface area (Å²) < 4.78 is 6.50. The first-order valence-electron chi connectivity index (χ1n) is 6.57. The molecule has 0 radical (unpaired) electrons. The number of aromatic amines is 1. The number of aliphatic hydroxyl groups is 2. The first kappa shape index (κ1) is 16.1. The fourth-order valence-corrected chi connectivity index (χ4v) is 2.46. The molecule has 22 heavy (non-hydrogen) atoms. The Morgan fingerprint density at radius 3 is 2.73 bits per heavy atom. The maximum absolute atomic E-state index is 11.9. The third-order valence-corrected chi connectivity index (χ3v) is 3.60. The zero-order valence-corrected chi connectivity index (χ0v) is 11.5.